The van der Waals surface area contributed by atoms with Gasteiger partial charge in [0, 0.05) is 5.69 Å². The van der Waals surface area contributed by atoms with Gasteiger partial charge in [0.1, 0.15) is 10.7 Å². The maximum absolute atomic E-state index is 12.6. The van der Waals surface area contributed by atoms with Crippen LogP contribution in [-0.4, -0.2) is 18.1 Å². The Hall–Kier alpha value is -1.50. The third-order valence-electron chi connectivity index (χ3n) is 1.68. The van der Waals surface area contributed by atoms with Crippen LogP contribution in [0.5, 0.6) is 0 Å². The number of carbonyl (C=O) groups excluding carboxylic acids is 1. The smallest absolute Gasteiger partial charge is 0.420 e. The van der Waals surface area contributed by atoms with E-state index in [0.29, 0.717) is 0 Å². The van der Waals surface area contributed by atoms with Gasteiger partial charge in [-0.25, -0.2) is 9.78 Å². The summed E-state index contributed by atoms with van der Waals surface area (Å²) in [7, 11) is 0.932. The van der Waals surface area contributed by atoms with Crippen LogP contribution in [-0.2, 0) is 10.9 Å². The molecule has 0 fully saturated rings. The second-order valence-corrected chi connectivity index (χ2v) is 3.13. The van der Waals surface area contributed by atoms with Gasteiger partial charge in [0.2, 0.25) is 0 Å². The minimum atomic E-state index is -4.80. The third-order valence-corrected chi connectivity index (χ3v) is 1.87. The lowest BCUT2D eigenvalue weighted by atomic mass is 10.1. The van der Waals surface area contributed by atoms with Crippen LogP contribution in [0.1, 0.15) is 16.1 Å². The second kappa shape index (κ2) is 4.17. The SMILES string of the molecule is COC(=O)c1nc(Cl)cc(N)c1C(F)(F)F. The Morgan fingerprint density at radius 3 is 2.56 bits per heavy atom. The van der Waals surface area contributed by atoms with Gasteiger partial charge in [-0.2, -0.15) is 13.2 Å². The Balaban J connectivity index is 3.51. The first-order valence-corrected chi connectivity index (χ1v) is 4.26. The molecule has 1 aromatic rings. The van der Waals surface area contributed by atoms with E-state index in [1.165, 1.54) is 0 Å². The Bertz CT molecular complexity index is 434. The van der Waals surface area contributed by atoms with Gasteiger partial charge in [0.15, 0.2) is 5.69 Å². The summed E-state index contributed by atoms with van der Waals surface area (Å²) in [6, 6.07) is 0.816. The molecule has 0 spiro atoms. The number of nitrogen functional groups attached to an aromatic ring is 1. The number of nitrogens with zero attached hydrogens (tertiary/aromatic N) is 1. The lowest BCUT2D eigenvalue weighted by Gasteiger charge is -2.13. The first kappa shape index (κ1) is 12.6. The van der Waals surface area contributed by atoms with E-state index < -0.39 is 29.1 Å². The number of carbonyl (C=O) groups is 1. The summed E-state index contributed by atoms with van der Waals surface area (Å²) in [5.41, 5.74) is 2.19. The standard InChI is InChI=1S/C8H6ClF3N2O2/c1-16-7(15)6-5(8(10,11)12)3(13)2-4(9)14-6/h2H,1H3,(H2,13,14). The second-order valence-electron chi connectivity index (χ2n) is 2.75. The van der Waals surface area contributed by atoms with E-state index in [9.17, 15) is 18.0 Å². The van der Waals surface area contributed by atoms with Crippen LogP contribution in [0.15, 0.2) is 6.07 Å². The van der Waals surface area contributed by atoms with Gasteiger partial charge in [0.25, 0.3) is 0 Å². The molecule has 0 saturated carbocycles. The topological polar surface area (TPSA) is 65.2 Å². The molecule has 0 unspecified atom stereocenters. The molecule has 0 aliphatic rings. The molecule has 0 bridgehead atoms. The Kier molecular flexibility index (Phi) is 3.27. The number of rotatable bonds is 1. The molecular weight excluding hydrogens is 249 g/mol. The van der Waals surface area contributed by atoms with Crippen LogP contribution in [0.3, 0.4) is 0 Å². The highest BCUT2D eigenvalue weighted by atomic mass is 35.5. The predicted molar refractivity (Wildman–Crippen MR) is 50.0 cm³/mol. The molecule has 16 heavy (non-hydrogen) atoms. The zero-order chi connectivity index (χ0) is 12.5. The number of anilines is 1. The molecule has 0 aromatic carbocycles. The van der Waals surface area contributed by atoms with Crippen molar-refractivity contribution in [2.75, 3.05) is 12.8 Å². The Morgan fingerprint density at radius 1 is 1.56 bits per heavy atom. The van der Waals surface area contributed by atoms with Gasteiger partial charge < -0.3 is 10.5 Å². The monoisotopic (exact) mass is 254 g/mol. The van der Waals surface area contributed by atoms with E-state index in [1.54, 1.807) is 0 Å². The molecule has 2 N–H and O–H groups in total. The zero-order valence-electron chi connectivity index (χ0n) is 7.93. The highest BCUT2D eigenvalue weighted by molar-refractivity contribution is 6.29. The minimum Gasteiger partial charge on any atom is -0.464 e. The van der Waals surface area contributed by atoms with Crippen LogP contribution in [0.2, 0.25) is 5.15 Å². The number of hydrogen-bond donors (Lipinski definition) is 1. The van der Waals surface area contributed by atoms with Crippen molar-refractivity contribution in [2.45, 2.75) is 6.18 Å². The molecular formula is C8H6ClF3N2O2. The number of pyridine rings is 1. The summed E-state index contributed by atoms with van der Waals surface area (Å²) in [6.45, 7) is 0. The predicted octanol–water partition coefficient (Wildman–Crippen LogP) is 2.12. The summed E-state index contributed by atoms with van der Waals surface area (Å²) in [4.78, 5) is 14.3. The minimum absolute atomic E-state index is 0.314. The average molecular weight is 255 g/mol. The van der Waals surface area contributed by atoms with Gasteiger partial charge in [-0.3, -0.25) is 0 Å². The number of alkyl halides is 3. The van der Waals surface area contributed by atoms with E-state index >= 15 is 0 Å². The molecule has 1 rings (SSSR count). The van der Waals surface area contributed by atoms with Crippen molar-refractivity contribution in [3.8, 4) is 0 Å². The fourth-order valence-electron chi connectivity index (χ4n) is 1.07. The van der Waals surface area contributed by atoms with E-state index in [2.05, 4.69) is 9.72 Å². The van der Waals surface area contributed by atoms with Gasteiger partial charge >= 0.3 is 12.1 Å². The highest BCUT2D eigenvalue weighted by Crippen LogP contribution is 2.36. The van der Waals surface area contributed by atoms with Gasteiger partial charge in [-0.15, -0.1) is 0 Å². The van der Waals surface area contributed by atoms with Crippen LogP contribution in [0.25, 0.3) is 0 Å². The molecule has 0 saturated heterocycles. The van der Waals surface area contributed by atoms with Gasteiger partial charge in [-0.05, 0) is 6.07 Å². The molecule has 1 heterocycles. The highest BCUT2D eigenvalue weighted by Gasteiger charge is 2.39. The summed E-state index contributed by atoms with van der Waals surface area (Å²) in [6.07, 6.45) is -4.80. The van der Waals surface area contributed by atoms with Crippen LogP contribution >= 0.6 is 11.6 Å². The van der Waals surface area contributed by atoms with Crippen molar-refractivity contribution >= 4 is 23.3 Å². The van der Waals surface area contributed by atoms with Crippen molar-refractivity contribution in [2.24, 2.45) is 0 Å². The lowest BCUT2D eigenvalue weighted by molar-refractivity contribution is -0.137. The van der Waals surface area contributed by atoms with Crippen molar-refractivity contribution in [3.05, 3.63) is 22.5 Å². The summed E-state index contributed by atoms with van der Waals surface area (Å²) < 4.78 is 41.9. The number of halogens is 4. The van der Waals surface area contributed by atoms with Crippen LogP contribution in [0, 0.1) is 0 Å². The fourth-order valence-corrected chi connectivity index (χ4v) is 1.28. The normalized spacial score (nSPS) is 11.3. The first-order chi connectivity index (χ1) is 7.27. The maximum Gasteiger partial charge on any atom is 0.420 e. The molecule has 0 atom stereocenters. The van der Waals surface area contributed by atoms with Gasteiger partial charge in [-0.1, -0.05) is 11.6 Å². The summed E-state index contributed by atoms with van der Waals surface area (Å²) >= 11 is 5.41. The molecule has 0 aliphatic heterocycles. The Morgan fingerprint density at radius 2 is 2.12 bits per heavy atom. The average Bonchev–Trinajstić information content (AvgIpc) is 2.12. The van der Waals surface area contributed by atoms with Crippen molar-refractivity contribution in [3.63, 3.8) is 0 Å². The molecule has 1 aromatic heterocycles. The lowest BCUT2D eigenvalue weighted by Crippen LogP contribution is -2.18. The number of hydrogen-bond acceptors (Lipinski definition) is 4. The molecule has 0 amide bonds. The first-order valence-electron chi connectivity index (χ1n) is 3.89. The van der Waals surface area contributed by atoms with Crippen molar-refractivity contribution < 1.29 is 22.7 Å². The van der Waals surface area contributed by atoms with E-state index in [1.807, 2.05) is 0 Å². The van der Waals surface area contributed by atoms with Gasteiger partial charge in [0.05, 0.1) is 7.11 Å². The van der Waals surface area contributed by atoms with E-state index in [0.717, 1.165) is 13.2 Å². The quantitative estimate of drug-likeness (QED) is 0.616. The molecule has 0 radical (unpaired) electrons. The fraction of sp³-hybridized carbons (Fsp3) is 0.250. The number of aromatic nitrogens is 1. The molecule has 4 nitrogen and oxygen atoms in total. The number of ether oxygens (including phenoxy) is 1. The van der Waals surface area contributed by atoms with Crippen molar-refractivity contribution in [1.82, 2.24) is 4.98 Å². The molecule has 88 valence electrons. The Labute approximate surface area is 93.2 Å². The summed E-state index contributed by atoms with van der Waals surface area (Å²) in [5, 5.41) is -0.314. The molecule has 8 heteroatoms. The third kappa shape index (κ3) is 2.35. The molecule has 0 aliphatic carbocycles. The largest absolute Gasteiger partial charge is 0.464 e. The maximum atomic E-state index is 12.6. The van der Waals surface area contributed by atoms with E-state index in [-0.39, 0.29) is 5.15 Å². The van der Waals surface area contributed by atoms with Crippen molar-refractivity contribution in [1.29, 1.82) is 0 Å². The summed E-state index contributed by atoms with van der Waals surface area (Å²) in [5.74, 6) is -1.25. The van der Waals surface area contributed by atoms with Crippen LogP contribution in [0.4, 0.5) is 18.9 Å². The number of nitrogens with two attached hydrogens (primary N) is 1. The van der Waals surface area contributed by atoms with E-state index in [4.69, 9.17) is 17.3 Å². The number of esters is 1. The van der Waals surface area contributed by atoms with Crippen LogP contribution < -0.4 is 5.73 Å². The number of methoxy groups -OCH3 is 1. The zero-order valence-corrected chi connectivity index (χ0v) is 8.69.